The molecule has 0 unspecified atom stereocenters. The third kappa shape index (κ3) is 4.67. The van der Waals surface area contributed by atoms with Crippen LogP contribution in [0.1, 0.15) is 16.8 Å². The maximum atomic E-state index is 4.43. The summed E-state index contributed by atoms with van der Waals surface area (Å²) < 4.78 is 0. The molecule has 1 aliphatic heterocycles. The third-order valence-corrected chi connectivity index (χ3v) is 4.03. The fraction of sp³-hybridized carbons (Fsp3) is 0.333. The van der Waals surface area contributed by atoms with E-state index in [1.54, 1.807) is 0 Å². The van der Waals surface area contributed by atoms with Gasteiger partial charge in [-0.1, -0.05) is 30.3 Å². The summed E-state index contributed by atoms with van der Waals surface area (Å²) in [6.07, 6.45) is 3.83. The number of aliphatic imine (C=N–C) groups is 1. The molecule has 122 valence electrons. The number of nitrogens with one attached hydrogen (secondary N) is 1. The first kappa shape index (κ1) is 17.7. The van der Waals surface area contributed by atoms with Gasteiger partial charge in [-0.3, -0.25) is 9.98 Å². The van der Waals surface area contributed by atoms with Crippen LogP contribution in [0.2, 0.25) is 0 Å². The van der Waals surface area contributed by atoms with E-state index in [2.05, 4.69) is 50.5 Å². The number of fused-ring (bicyclic) bond motifs is 1. The Hall–Kier alpha value is -1.63. The molecule has 0 bridgehead atoms. The van der Waals surface area contributed by atoms with Crippen molar-refractivity contribution >= 4 is 29.9 Å². The Morgan fingerprint density at radius 2 is 1.96 bits per heavy atom. The first-order valence-electron chi connectivity index (χ1n) is 7.79. The topological polar surface area (TPSA) is 40.5 Å². The van der Waals surface area contributed by atoms with Gasteiger partial charge < -0.3 is 10.2 Å². The average molecular weight is 422 g/mol. The number of rotatable bonds is 3. The Balaban J connectivity index is 0.00000192. The van der Waals surface area contributed by atoms with Crippen LogP contribution < -0.4 is 5.32 Å². The van der Waals surface area contributed by atoms with Crippen molar-refractivity contribution in [2.75, 3.05) is 20.1 Å². The van der Waals surface area contributed by atoms with Gasteiger partial charge in [-0.2, -0.15) is 0 Å². The SMILES string of the molecule is CN=C(NCCc1ccccn1)N1CCc2ccccc2C1.I. The van der Waals surface area contributed by atoms with Gasteiger partial charge in [0, 0.05) is 45.0 Å². The highest BCUT2D eigenvalue weighted by molar-refractivity contribution is 14.0. The van der Waals surface area contributed by atoms with Crippen LogP contribution in [0.4, 0.5) is 0 Å². The summed E-state index contributed by atoms with van der Waals surface area (Å²) in [5, 5.41) is 3.45. The van der Waals surface area contributed by atoms with Gasteiger partial charge in [-0.25, -0.2) is 0 Å². The van der Waals surface area contributed by atoms with Crippen LogP contribution >= 0.6 is 24.0 Å². The van der Waals surface area contributed by atoms with Crippen molar-refractivity contribution < 1.29 is 0 Å². The zero-order valence-electron chi connectivity index (χ0n) is 13.4. The number of nitrogens with zero attached hydrogens (tertiary/aromatic N) is 3. The van der Waals surface area contributed by atoms with E-state index in [1.807, 2.05) is 25.4 Å². The molecule has 0 radical (unpaired) electrons. The maximum absolute atomic E-state index is 4.43. The van der Waals surface area contributed by atoms with Crippen LogP contribution in [0.3, 0.4) is 0 Å². The summed E-state index contributed by atoms with van der Waals surface area (Å²) in [4.78, 5) is 11.1. The molecule has 0 saturated carbocycles. The fourth-order valence-corrected chi connectivity index (χ4v) is 2.86. The van der Waals surface area contributed by atoms with Crippen LogP contribution in [0, 0.1) is 0 Å². The van der Waals surface area contributed by atoms with E-state index in [0.29, 0.717) is 0 Å². The van der Waals surface area contributed by atoms with E-state index in [-0.39, 0.29) is 24.0 Å². The van der Waals surface area contributed by atoms with Crippen LogP contribution in [0.25, 0.3) is 0 Å². The van der Waals surface area contributed by atoms with E-state index < -0.39 is 0 Å². The number of benzene rings is 1. The Morgan fingerprint density at radius 1 is 1.17 bits per heavy atom. The van der Waals surface area contributed by atoms with Gasteiger partial charge in [0.25, 0.3) is 0 Å². The smallest absolute Gasteiger partial charge is 0.193 e. The minimum atomic E-state index is 0. The van der Waals surface area contributed by atoms with Gasteiger partial charge in [-0.15, -0.1) is 24.0 Å². The molecule has 0 fully saturated rings. The summed E-state index contributed by atoms with van der Waals surface area (Å²) in [5.74, 6) is 0.977. The van der Waals surface area contributed by atoms with Crippen molar-refractivity contribution in [1.29, 1.82) is 0 Å². The van der Waals surface area contributed by atoms with E-state index in [0.717, 1.165) is 44.1 Å². The minimum Gasteiger partial charge on any atom is -0.356 e. The first-order valence-corrected chi connectivity index (χ1v) is 7.79. The van der Waals surface area contributed by atoms with Gasteiger partial charge in [0.05, 0.1) is 0 Å². The van der Waals surface area contributed by atoms with Crippen molar-refractivity contribution in [3.8, 4) is 0 Å². The highest BCUT2D eigenvalue weighted by Gasteiger charge is 2.18. The molecular weight excluding hydrogens is 399 g/mol. The second-order valence-electron chi connectivity index (χ2n) is 5.49. The Kier molecular flexibility index (Phi) is 6.83. The van der Waals surface area contributed by atoms with Gasteiger partial charge >= 0.3 is 0 Å². The molecule has 2 aromatic rings. The second kappa shape index (κ2) is 8.86. The van der Waals surface area contributed by atoms with Crippen LogP contribution in [0.15, 0.2) is 53.7 Å². The molecule has 4 nitrogen and oxygen atoms in total. The second-order valence-corrected chi connectivity index (χ2v) is 5.49. The van der Waals surface area contributed by atoms with E-state index in [4.69, 9.17) is 0 Å². The molecular formula is C18H23IN4. The van der Waals surface area contributed by atoms with Crippen molar-refractivity contribution in [3.05, 3.63) is 65.5 Å². The largest absolute Gasteiger partial charge is 0.356 e. The molecule has 0 saturated heterocycles. The van der Waals surface area contributed by atoms with E-state index >= 15 is 0 Å². The van der Waals surface area contributed by atoms with Crippen molar-refractivity contribution in [1.82, 2.24) is 15.2 Å². The molecule has 1 aromatic carbocycles. The predicted molar refractivity (Wildman–Crippen MR) is 105 cm³/mol. The highest BCUT2D eigenvalue weighted by atomic mass is 127. The normalized spacial score (nSPS) is 14.0. The first-order chi connectivity index (χ1) is 10.9. The highest BCUT2D eigenvalue weighted by Crippen LogP contribution is 2.18. The monoisotopic (exact) mass is 422 g/mol. The number of pyridine rings is 1. The molecule has 0 atom stereocenters. The maximum Gasteiger partial charge on any atom is 0.193 e. The lowest BCUT2D eigenvalue weighted by atomic mass is 10.0. The zero-order valence-corrected chi connectivity index (χ0v) is 15.7. The molecule has 2 heterocycles. The van der Waals surface area contributed by atoms with Gasteiger partial charge in [0.15, 0.2) is 5.96 Å². The van der Waals surface area contributed by atoms with Crippen LogP contribution in [-0.4, -0.2) is 36.0 Å². The lowest BCUT2D eigenvalue weighted by molar-refractivity contribution is 0.379. The molecule has 1 aromatic heterocycles. The van der Waals surface area contributed by atoms with Crippen molar-refractivity contribution in [3.63, 3.8) is 0 Å². The molecule has 23 heavy (non-hydrogen) atoms. The summed E-state index contributed by atoms with van der Waals surface area (Å²) in [6, 6.07) is 14.7. The van der Waals surface area contributed by atoms with Gasteiger partial charge in [-0.05, 0) is 29.7 Å². The molecule has 5 heteroatoms. The molecule has 3 rings (SSSR count). The summed E-state index contributed by atoms with van der Waals surface area (Å²) in [5.41, 5.74) is 3.97. The number of guanidine groups is 1. The summed E-state index contributed by atoms with van der Waals surface area (Å²) in [6.45, 7) is 2.79. The van der Waals surface area contributed by atoms with Gasteiger partial charge in [0.1, 0.15) is 0 Å². The molecule has 0 aliphatic carbocycles. The summed E-state index contributed by atoms with van der Waals surface area (Å²) in [7, 11) is 1.85. The standard InChI is InChI=1S/C18H22N4.HI/c1-19-18(21-12-9-17-8-4-5-11-20-17)22-13-10-15-6-2-3-7-16(15)14-22;/h2-8,11H,9-10,12-14H2,1H3,(H,19,21);1H. The number of hydrogen-bond acceptors (Lipinski definition) is 2. The quantitative estimate of drug-likeness (QED) is 0.470. The zero-order chi connectivity index (χ0) is 15.2. The Bertz CT molecular complexity index is 642. The van der Waals surface area contributed by atoms with E-state index in [1.165, 1.54) is 11.1 Å². The fourth-order valence-electron chi connectivity index (χ4n) is 2.86. The predicted octanol–water partition coefficient (Wildman–Crippen LogP) is 2.88. The minimum absolute atomic E-state index is 0. The van der Waals surface area contributed by atoms with Crippen molar-refractivity contribution in [2.45, 2.75) is 19.4 Å². The molecule has 1 aliphatic rings. The van der Waals surface area contributed by atoms with E-state index in [9.17, 15) is 0 Å². The lowest BCUT2D eigenvalue weighted by Gasteiger charge is -2.31. The molecule has 0 amide bonds. The van der Waals surface area contributed by atoms with Gasteiger partial charge in [0.2, 0.25) is 0 Å². The molecule has 0 spiro atoms. The number of hydrogen-bond donors (Lipinski definition) is 1. The summed E-state index contributed by atoms with van der Waals surface area (Å²) >= 11 is 0. The Morgan fingerprint density at radius 3 is 2.70 bits per heavy atom. The average Bonchev–Trinajstić information content (AvgIpc) is 2.59. The third-order valence-electron chi connectivity index (χ3n) is 4.03. The number of aromatic nitrogens is 1. The Labute approximate surface area is 155 Å². The van der Waals surface area contributed by atoms with Crippen LogP contribution in [-0.2, 0) is 19.4 Å². The lowest BCUT2D eigenvalue weighted by Crippen LogP contribution is -2.44. The van der Waals surface area contributed by atoms with Crippen molar-refractivity contribution in [2.24, 2.45) is 4.99 Å². The molecule has 1 N–H and O–H groups in total. The van der Waals surface area contributed by atoms with Crippen LogP contribution in [0.5, 0.6) is 0 Å². The number of halogens is 1.